The largest absolute Gasteiger partial charge is 0.480 e. The van der Waals surface area contributed by atoms with E-state index in [2.05, 4.69) is 4.74 Å². The van der Waals surface area contributed by atoms with Gasteiger partial charge in [-0.25, -0.2) is 9.59 Å². The highest BCUT2D eigenvalue weighted by Gasteiger charge is 2.35. The molecule has 0 saturated heterocycles. The molecular formula is C9H13NO9. The zero-order valence-corrected chi connectivity index (χ0v) is 9.55. The average molecular weight is 279 g/mol. The molecular weight excluding hydrogens is 266 g/mol. The Morgan fingerprint density at radius 3 is 1.89 bits per heavy atom. The molecule has 0 saturated carbocycles. The van der Waals surface area contributed by atoms with Crippen LogP contribution >= 0.6 is 0 Å². The maximum absolute atomic E-state index is 11.2. The van der Waals surface area contributed by atoms with Crippen molar-refractivity contribution in [2.75, 3.05) is 0 Å². The second kappa shape index (κ2) is 7.28. The van der Waals surface area contributed by atoms with E-state index in [0.29, 0.717) is 0 Å². The Balaban J connectivity index is 4.45. The quantitative estimate of drug-likeness (QED) is 0.300. The number of hydrogen-bond acceptors (Lipinski definition) is 7. The molecule has 0 aliphatic heterocycles. The van der Waals surface area contributed by atoms with E-state index in [1.54, 1.807) is 0 Å². The smallest absolute Gasteiger partial charge is 0.348 e. The fraction of sp³-hybridized carbons (Fsp3) is 0.556. The fourth-order valence-corrected chi connectivity index (χ4v) is 0.977. The van der Waals surface area contributed by atoms with Crippen LogP contribution in [0, 0.1) is 0 Å². The highest BCUT2D eigenvalue weighted by Crippen LogP contribution is 2.05. The summed E-state index contributed by atoms with van der Waals surface area (Å²) in [6, 6.07) is -1.33. The van der Waals surface area contributed by atoms with Crippen LogP contribution < -0.4 is 5.73 Å². The van der Waals surface area contributed by atoms with Crippen molar-refractivity contribution in [2.24, 2.45) is 5.73 Å². The van der Waals surface area contributed by atoms with Gasteiger partial charge in [0.25, 0.3) is 0 Å². The van der Waals surface area contributed by atoms with E-state index < -0.39 is 48.5 Å². The number of nitrogens with two attached hydrogens (primary N) is 1. The third-order valence-electron chi connectivity index (χ3n) is 2.02. The third-order valence-corrected chi connectivity index (χ3v) is 2.02. The molecule has 3 atom stereocenters. The van der Waals surface area contributed by atoms with Gasteiger partial charge in [-0.3, -0.25) is 9.59 Å². The topological polar surface area (TPSA) is 184 Å². The van der Waals surface area contributed by atoms with Gasteiger partial charge in [0.1, 0.15) is 6.04 Å². The van der Waals surface area contributed by atoms with Gasteiger partial charge >= 0.3 is 23.9 Å². The molecule has 0 aromatic rings. The second-order valence-electron chi connectivity index (χ2n) is 3.52. The van der Waals surface area contributed by atoms with Crippen LogP contribution in [0.1, 0.15) is 12.8 Å². The molecule has 0 aromatic heterocycles. The molecule has 10 nitrogen and oxygen atoms in total. The Kier molecular flexibility index (Phi) is 6.44. The number of esters is 1. The van der Waals surface area contributed by atoms with Crippen molar-refractivity contribution < 1.29 is 44.3 Å². The Bertz CT molecular complexity index is 380. The third kappa shape index (κ3) is 5.79. The molecule has 0 aliphatic rings. The van der Waals surface area contributed by atoms with Crippen molar-refractivity contribution in [2.45, 2.75) is 31.1 Å². The molecule has 0 aromatic carbocycles. The van der Waals surface area contributed by atoms with Gasteiger partial charge in [0.2, 0.25) is 6.10 Å². The first-order chi connectivity index (χ1) is 8.66. The van der Waals surface area contributed by atoms with Crippen LogP contribution in [-0.4, -0.2) is 62.6 Å². The average Bonchev–Trinajstić information content (AvgIpc) is 2.31. The molecule has 0 rings (SSSR count). The molecule has 0 spiro atoms. The first kappa shape index (κ1) is 16.8. The van der Waals surface area contributed by atoms with E-state index in [1.807, 2.05) is 0 Å². The zero-order valence-electron chi connectivity index (χ0n) is 9.55. The Hall–Kier alpha value is -2.20. The number of hydrogen-bond donors (Lipinski definition) is 5. The van der Waals surface area contributed by atoms with Crippen LogP contribution in [0.5, 0.6) is 0 Å². The summed E-state index contributed by atoms with van der Waals surface area (Å²) < 4.78 is 4.25. The molecule has 0 aliphatic carbocycles. The number of aliphatic hydroxyl groups is 1. The predicted molar refractivity (Wildman–Crippen MR) is 56.0 cm³/mol. The predicted octanol–water partition coefficient (Wildman–Crippen LogP) is -2.38. The number of carboxylic acids is 3. The normalized spacial score (nSPS) is 15.1. The van der Waals surface area contributed by atoms with Crippen molar-refractivity contribution in [1.29, 1.82) is 0 Å². The van der Waals surface area contributed by atoms with Crippen molar-refractivity contribution in [3.63, 3.8) is 0 Å². The molecule has 19 heavy (non-hydrogen) atoms. The van der Waals surface area contributed by atoms with Crippen molar-refractivity contribution in [3.05, 3.63) is 0 Å². The number of carbonyl (C=O) groups is 4. The monoisotopic (exact) mass is 279 g/mol. The van der Waals surface area contributed by atoms with Crippen LogP contribution in [0.25, 0.3) is 0 Å². The lowest BCUT2D eigenvalue weighted by Crippen LogP contribution is -2.43. The van der Waals surface area contributed by atoms with E-state index in [1.165, 1.54) is 0 Å². The van der Waals surface area contributed by atoms with Crippen LogP contribution in [0.2, 0.25) is 0 Å². The lowest BCUT2D eigenvalue weighted by molar-refractivity contribution is -0.178. The highest BCUT2D eigenvalue weighted by atomic mass is 16.6. The summed E-state index contributed by atoms with van der Waals surface area (Å²) >= 11 is 0. The van der Waals surface area contributed by atoms with E-state index in [9.17, 15) is 19.2 Å². The molecule has 6 N–H and O–H groups in total. The Labute approximate surface area is 106 Å². The van der Waals surface area contributed by atoms with Gasteiger partial charge in [0, 0.05) is 6.42 Å². The van der Waals surface area contributed by atoms with Gasteiger partial charge in [-0.05, 0) is 6.42 Å². The van der Waals surface area contributed by atoms with Gasteiger partial charge < -0.3 is 30.9 Å². The lowest BCUT2D eigenvalue weighted by atomic mass is 10.1. The number of aliphatic carboxylic acids is 3. The number of carboxylic acid groups (broad SMARTS) is 3. The lowest BCUT2D eigenvalue weighted by Gasteiger charge is -2.16. The van der Waals surface area contributed by atoms with Gasteiger partial charge in [0.05, 0.1) is 0 Å². The van der Waals surface area contributed by atoms with Crippen molar-refractivity contribution >= 4 is 23.9 Å². The highest BCUT2D eigenvalue weighted by molar-refractivity contribution is 5.85. The number of rotatable bonds is 8. The number of carbonyl (C=O) groups excluding carboxylic acids is 1. The molecule has 0 radical (unpaired) electrons. The summed E-state index contributed by atoms with van der Waals surface area (Å²) in [6.07, 6.45) is -5.53. The molecule has 0 fully saturated rings. The van der Waals surface area contributed by atoms with Crippen molar-refractivity contribution in [1.82, 2.24) is 0 Å². The van der Waals surface area contributed by atoms with Gasteiger partial charge in [0.15, 0.2) is 6.10 Å². The molecule has 10 heteroatoms. The standard InChI is InChI=1S/C9H13NO9/c10-3(7(13)14)1-2-4(11)19-6(9(17)18)5(12)8(15)16/h3,5-6,12H,1-2,10H2,(H,13,14)(H,15,16)(H,17,18)/t3-,5?,6?/m0/s1. The summed E-state index contributed by atoms with van der Waals surface area (Å²) in [5.41, 5.74) is 5.10. The summed E-state index contributed by atoms with van der Waals surface area (Å²) in [5.74, 6) is -6.24. The number of aliphatic hydroxyl groups excluding tert-OH is 1. The van der Waals surface area contributed by atoms with E-state index in [0.717, 1.165) is 0 Å². The minimum Gasteiger partial charge on any atom is -0.480 e. The summed E-state index contributed by atoms with van der Waals surface area (Å²) in [6.45, 7) is 0. The number of ether oxygens (including phenoxy) is 1. The minimum atomic E-state index is -2.42. The Morgan fingerprint density at radius 2 is 1.53 bits per heavy atom. The first-order valence-corrected chi connectivity index (χ1v) is 4.98. The maximum Gasteiger partial charge on any atom is 0.348 e. The first-order valence-electron chi connectivity index (χ1n) is 4.98. The van der Waals surface area contributed by atoms with E-state index >= 15 is 0 Å². The summed E-state index contributed by atoms with van der Waals surface area (Å²) in [4.78, 5) is 42.5. The zero-order chi connectivity index (χ0) is 15.2. The second-order valence-corrected chi connectivity index (χ2v) is 3.52. The van der Waals surface area contributed by atoms with Gasteiger partial charge in [-0.2, -0.15) is 0 Å². The minimum absolute atomic E-state index is 0.316. The van der Waals surface area contributed by atoms with Crippen LogP contribution in [0.15, 0.2) is 0 Å². The molecule has 0 amide bonds. The van der Waals surface area contributed by atoms with Gasteiger partial charge in [-0.15, -0.1) is 0 Å². The molecule has 108 valence electrons. The SMILES string of the molecule is N[C@@H](CCC(=O)OC(C(=O)O)C(O)C(=O)O)C(=O)O. The van der Waals surface area contributed by atoms with Crippen LogP contribution in [0.3, 0.4) is 0 Å². The Morgan fingerprint density at radius 1 is 1.00 bits per heavy atom. The summed E-state index contributed by atoms with van der Waals surface area (Å²) in [5, 5.41) is 34.4. The van der Waals surface area contributed by atoms with Gasteiger partial charge in [-0.1, -0.05) is 0 Å². The van der Waals surface area contributed by atoms with E-state index in [-0.39, 0.29) is 6.42 Å². The maximum atomic E-state index is 11.2. The van der Waals surface area contributed by atoms with Crippen molar-refractivity contribution in [3.8, 4) is 0 Å². The van der Waals surface area contributed by atoms with E-state index in [4.69, 9.17) is 26.2 Å². The van der Waals surface area contributed by atoms with Crippen LogP contribution in [0.4, 0.5) is 0 Å². The summed E-state index contributed by atoms with van der Waals surface area (Å²) in [7, 11) is 0. The molecule has 0 bridgehead atoms. The molecule has 2 unspecified atom stereocenters. The fourth-order valence-electron chi connectivity index (χ4n) is 0.977. The molecule has 0 heterocycles. The van der Waals surface area contributed by atoms with Crippen LogP contribution in [-0.2, 0) is 23.9 Å².